The molecule has 0 saturated heterocycles. The molecule has 1 aromatic carbocycles. The first-order chi connectivity index (χ1) is 13.7. The average Bonchev–Trinajstić information content (AvgIpc) is 2.92. The van der Waals surface area contributed by atoms with E-state index in [1.807, 2.05) is 56.5 Å². The van der Waals surface area contributed by atoms with Crippen LogP contribution in [-0.4, -0.2) is 27.5 Å². The Kier molecular flexibility index (Phi) is 9.24. The molecule has 2 aromatic heterocycles. The molecule has 0 aliphatic rings. The molecule has 3 aromatic rings. The number of carbonyl (C=O) groups excluding carboxylic acids is 1. The molecule has 1 amide bonds. The van der Waals surface area contributed by atoms with Gasteiger partial charge in [0.25, 0.3) is 5.91 Å². The standard InChI is InChI=1S/C23H27FN4O.2ClH/c1-15-21(16-8-11-26-12-9-16)19-13-17(22(29)27-23(2,3)4)5-6-20(19)28(15)14-18(24)7-10-25;;/h5-9,11-13H,10,14,25H2,1-4H3,(H,27,29);2*1H. The van der Waals surface area contributed by atoms with Crippen LogP contribution >= 0.6 is 24.8 Å². The number of nitrogens with two attached hydrogens (primary N) is 1. The molecular formula is C23H29Cl2FN4O. The molecule has 0 aliphatic carbocycles. The van der Waals surface area contributed by atoms with Crippen LogP contribution < -0.4 is 11.1 Å². The quantitative estimate of drug-likeness (QED) is 0.542. The van der Waals surface area contributed by atoms with Crippen LogP contribution in [0.5, 0.6) is 0 Å². The van der Waals surface area contributed by atoms with Crippen molar-refractivity contribution in [1.82, 2.24) is 14.9 Å². The molecule has 0 radical (unpaired) electrons. The lowest BCUT2D eigenvalue weighted by Crippen LogP contribution is -2.40. The minimum Gasteiger partial charge on any atom is -0.347 e. The summed E-state index contributed by atoms with van der Waals surface area (Å²) in [4.78, 5) is 16.8. The fourth-order valence-corrected chi connectivity index (χ4v) is 3.47. The zero-order valence-corrected chi connectivity index (χ0v) is 19.7. The van der Waals surface area contributed by atoms with E-state index in [0.717, 1.165) is 27.7 Å². The van der Waals surface area contributed by atoms with Gasteiger partial charge >= 0.3 is 0 Å². The summed E-state index contributed by atoms with van der Waals surface area (Å²) < 4.78 is 16.2. The van der Waals surface area contributed by atoms with Gasteiger partial charge in [-0.15, -0.1) is 24.8 Å². The summed E-state index contributed by atoms with van der Waals surface area (Å²) >= 11 is 0. The predicted octanol–water partition coefficient (Wildman–Crippen LogP) is 5.20. The summed E-state index contributed by atoms with van der Waals surface area (Å²) in [5, 5.41) is 3.89. The molecule has 0 atom stereocenters. The molecule has 3 rings (SSSR count). The first-order valence-corrected chi connectivity index (χ1v) is 9.61. The SMILES string of the molecule is Cc1c(-c2ccncc2)c2cc(C(=O)NC(C)(C)C)ccc2n1CC(F)=CCN.Cl.Cl. The number of halogens is 3. The lowest BCUT2D eigenvalue weighted by Gasteiger charge is -2.20. The number of amides is 1. The zero-order chi connectivity index (χ0) is 21.2. The Morgan fingerprint density at radius 2 is 1.84 bits per heavy atom. The van der Waals surface area contributed by atoms with Crippen LogP contribution in [0.1, 0.15) is 36.8 Å². The van der Waals surface area contributed by atoms with Crippen molar-refractivity contribution in [3.63, 3.8) is 0 Å². The molecule has 31 heavy (non-hydrogen) atoms. The molecule has 0 bridgehead atoms. The van der Waals surface area contributed by atoms with Crippen LogP contribution in [-0.2, 0) is 6.54 Å². The lowest BCUT2D eigenvalue weighted by molar-refractivity contribution is 0.0919. The first kappa shape index (κ1) is 26.6. The van der Waals surface area contributed by atoms with Crippen LogP contribution in [0, 0.1) is 6.92 Å². The molecule has 0 spiro atoms. The number of aromatic nitrogens is 2. The van der Waals surface area contributed by atoms with E-state index in [1.165, 1.54) is 6.08 Å². The normalized spacial score (nSPS) is 11.6. The predicted molar refractivity (Wildman–Crippen MR) is 130 cm³/mol. The van der Waals surface area contributed by atoms with Crippen molar-refractivity contribution in [3.8, 4) is 11.1 Å². The summed E-state index contributed by atoms with van der Waals surface area (Å²) in [6.07, 6.45) is 4.83. The largest absolute Gasteiger partial charge is 0.347 e. The summed E-state index contributed by atoms with van der Waals surface area (Å²) in [7, 11) is 0. The van der Waals surface area contributed by atoms with Crippen molar-refractivity contribution < 1.29 is 9.18 Å². The summed E-state index contributed by atoms with van der Waals surface area (Å²) in [6, 6.07) is 9.36. The Balaban J connectivity index is 0.00000240. The topological polar surface area (TPSA) is 72.9 Å². The van der Waals surface area contributed by atoms with E-state index in [2.05, 4.69) is 10.3 Å². The molecule has 0 saturated carbocycles. The molecule has 168 valence electrons. The smallest absolute Gasteiger partial charge is 0.251 e. The zero-order valence-electron chi connectivity index (χ0n) is 18.1. The van der Waals surface area contributed by atoms with Gasteiger partial charge in [0.1, 0.15) is 5.83 Å². The van der Waals surface area contributed by atoms with Gasteiger partial charge in [-0.05, 0) is 69.7 Å². The molecule has 0 aliphatic heterocycles. The molecule has 0 unspecified atom stereocenters. The second kappa shape index (κ2) is 10.8. The first-order valence-electron chi connectivity index (χ1n) is 9.61. The van der Waals surface area contributed by atoms with E-state index in [-0.39, 0.29) is 55.2 Å². The van der Waals surface area contributed by atoms with E-state index in [9.17, 15) is 9.18 Å². The van der Waals surface area contributed by atoms with Crippen LogP contribution in [0.4, 0.5) is 4.39 Å². The van der Waals surface area contributed by atoms with E-state index in [1.54, 1.807) is 18.5 Å². The Morgan fingerprint density at radius 3 is 2.42 bits per heavy atom. The molecule has 2 heterocycles. The molecule has 8 heteroatoms. The van der Waals surface area contributed by atoms with Crippen molar-refractivity contribution in [2.75, 3.05) is 6.54 Å². The summed E-state index contributed by atoms with van der Waals surface area (Å²) in [5.74, 6) is -0.428. The molecular weight excluding hydrogens is 438 g/mol. The second-order valence-corrected chi connectivity index (χ2v) is 8.11. The fourth-order valence-electron chi connectivity index (χ4n) is 3.47. The Morgan fingerprint density at radius 1 is 1.19 bits per heavy atom. The number of rotatable bonds is 5. The summed E-state index contributed by atoms with van der Waals surface area (Å²) in [5.41, 5.74) is 9.40. The van der Waals surface area contributed by atoms with Crippen LogP contribution in [0.2, 0.25) is 0 Å². The van der Waals surface area contributed by atoms with E-state index >= 15 is 0 Å². The number of nitrogens with zero attached hydrogens (tertiary/aromatic N) is 2. The highest BCUT2D eigenvalue weighted by Gasteiger charge is 2.20. The number of hydrogen-bond donors (Lipinski definition) is 2. The average molecular weight is 467 g/mol. The van der Waals surface area contributed by atoms with Gasteiger partial charge in [-0.3, -0.25) is 9.78 Å². The van der Waals surface area contributed by atoms with E-state index in [0.29, 0.717) is 5.56 Å². The highest BCUT2D eigenvalue weighted by Crippen LogP contribution is 2.35. The number of carbonyl (C=O) groups is 1. The second-order valence-electron chi connectivity index (χ2n) is 8.11. The number of allylic oxidation sites excluding steroid dienone is 1. The number of nitrogens with one attached hydrogen (secondary N) is 1. The Hall–Kier alpha value is -2.41. The highest BCUT2D eigenvalue weighted by molar-refractivity contribution is 6.04. The van der Waals surface area contributed by atoms with Gasteiger partial charge in [-0.1, -0.05) is 0 Å². The maximum absolute atomic E-state index is 14.3. The van der Waals surface area contributed by atoms with Crippen LogP contribution in [0.25, 0.3) is 22.0 Å². The number of pyridine rings is 1. The van der Waals surface area contributed by atoms with Crippen LogP contribution in [0.3, 0.4) is 0 Å². The van der Waals surface area contributed by atoms with Gasteiger partial charge in [-0.2, -0.15) is 0 Å². The number of benzene rings is 1. The van der Waals surface area contributed by atoms with Gasteiger partial charge in [0.05, 0.1) is 6.54 Å². The maximum atomic E-state index is 14.3. The fraction of sp³-hybridized carbons (Fsp3) is 0.304. The third-order valence-corrected chi connectivity index (χ3v) is 4.69. The van der Waals surface area contributed by atoms with Crippen molar-refractivity contribution in [1.29, 1.82) is 0 Å². The van der Waals surface area contributed by atoms with Gasteiger partial charge in [0.2, 0.25) is 0 Å². The maximum Gasteiger partial charge on any atom is 0.251 e. The van der Waals surface area contributed by atoms with Gasteiger partial charge in [-0.25, -0.2) is 4.39 Å². The molecule has 5 nitrogen and oxygen atoms in total. The van der Waals surface area contributed by atoms with Crippen molar-refractivity contribution in [2.24, 2.45) is 5.73 Å². The van der Waals surface area contributed by atoms with Crippen molar-refractivity contribution >= 4 is 41.6 Å². The highest BCUT2D eigenvalue weighted by atomic mass is 35.5. The third kappa shape index (κ3) is 6.06. The van der Waals surface area contributed by atoms with Gasteiger partial charge in [0, 0.05) is 52.2 Å². The molecule has 3 N–H and O–H groups in total. The Bertz CT molecular complexity index is 1070. The third-order valence-electron chi connectivity index (χ3n) is 4.69. The molecule has 0 fully saturated rings. The van der Waals surface area contributed by atoms with Gasteiger partial charge < -0.3 is 15.6 Å². The lowest BCUT2D eigenvalue weighted by atomic mass is 10.0. The van der Waals surface area contributed by atoms with Crippen molar-refractivity contribution in [2.45, 2.75) is 39.8 Å². The minimum atomic E-state index is -0.335. The van der Waals surface area contributed by atoms with Gasteiger partial charge in [0.15, 0.2) is 0 Å². The summed E-state index contributed by atoms with van der Waals surface area (Å²) in [6.45, 7) is 8.04. The van der Waals surface area contributed by atoms with E-state index < -0.39 is 0 Å². The Labute approximate surface area is 194 Å². The number of hydrogen-bond acceptors (Lipinski definition) is 3. The van der Waals surface area contributed by atoms with E-state index in [4.69, 9.17) is 5.73 Å². The monoisotopic (exact) mass is 466 g/mol. The number of fused-ring (bicyclic) bond motifs is 1. The van der Waals surface area contributed by atoms with Crippen molar-refractivity contribution in [3.05, 3.63) is 65.9 Å². The minimum absolute atomic E-state index is 0. The van der Waals surface area contributed by atoms with Crippen LogP contribution in [0.15, 0.2) is 54.6 Å².